The number of benzene rings is 1. The van der Waals surface area contributed by atoms with Crippen LogP contribution in [0.1, 0.15) is 31.2 Å². The zero-order valence-electron chi connectivity index (χ0n) is 9.80. The number of halogens is 3. The predicted octanol–water partition coefficient (Wildman–Crippen LogP) is 4.08. The molecule has 2 rings (SSSR count). The molecule has 0 aromatic heterocycles. The minimum atomic E-state index is -4.25. The lowest BCUT2D eigenvalue weighted by Crippen LogP contribution is -2.28. The van der Waals surface area contributed by atoms with Gasteiger partial charge in [0, 0.05) is 18.8 Å². The molecule has 4 heteroatoms. The number of hydrogen-bond acceptors (Lipinski definition) is 1. The van der Waals surface area contributed by atoms with E-state index in [0.29, 0.717) is 6.04 Å². The van der Waals surface area contributed by atoms with Gasteiger partial charge in [0.25, 0.3) is 0 Å². The molecule has 0 heterocycles. The third kappa shape index (κ3) is 2.73. The van der Waals surface area contributed by atoms with Crippen molar-refractivity contribution in [3.05, 3.63) is 29.8 Å². The fourth-order valence-electron chi connectivity index (χ4n) is 2.39. The van der Waals surface area contributed by atoms with Gasteiger partial charge in [0.05, 0.1) is 5.56 Å². The summed E-state index contributed by atoms with van der Waals surface area (Å²) in [5.41, 5.74) is 0.283. The van der Waals surface area contributed by atoms with Crippen molar-refractivity contribution in [2.75, 3.05) is 11.9 Å². The van der Waals surface area contributed by atoms with Crippen LogP contribution in [0.25, 0.3) is 0 Å². The Hall–Kier alpha value is -1.19. The van der Waals surface area contributed by atoms with Crippen molar-refractivity contribution in [1.82, 2.24) is 0 Å². The summed E-state index contributed by atoms with van der Waals surface area (Å²) >= 11 is 0. The average molecular weight is 243 g/mol. The lowest BCUT2D eigenvalue weighted by molar-refractivity contribution is -0.137. The maximum absolute atomic E-state index is 12.4. The van der Waals surface area contributed by atoms with Gasteiger partial charge in [-0.15, -0.1) is 0 Å². The maximum Gasteiger partial charge on any atom is 0.416 e. The number of alkyl halides is 3. The van der Waals surface area contributed by atoms with Crippen molar-refractivity contribution in [3.63, 3.8) is 0 Å². The monoisotopic (exact) mass is 243 g/mol. The number of rotatable bonds is 2. The van der Waals surface area contributed by atoms with E-state index in [4.69, 9.17) is 0 Å². The van der Waals surface area contributed by atoms with Gasteiger partial charge in [-0.05, 0) is 37.1 Å². The molecular formula is C13H16F3N. The fraction of sp³-hybridized carbons (Fsp3) is 0.538. The van der Waals surface area contributed by atoms with Crippen molar-refractivity contribution in [2.24, 2.45) is 0 Å². The van der Waals surface area contributed by atoms with Crippen LogP contribution in [0, 0.1) is 0 Å². The first-order chi connectivity index (χ1) is 7.98. The second kappa shape index (κ2) is 4.59. The van der Waals surface area contributed by atoms with Crippen molar-refractivity contribution < 1.29 is 13.2 Å². The normalized spacial score (nSPS) is 17.4. The van der Waals surface area contributed by atoms with E-state index in [1.54, 1.807) is 12.1 Å². The van der Waals surface area contributed by atoms with E-state index in [1.165, 1.54) is 12.8 Å². The summed E-state index contributed by atoms with van der Waals surface area (Å²) in [6.07, 6.45) is 0.463. The van der Waals surface area contributed by atoms with Gasteiger partial charge in [-0.3, -0.25) is 0 Å². The Bertz CT molecular complexity index is 363. The Morgan fingerprint density at radius 3 is 2.06 bits per heavy atom. The van der Waals surface area contributed by atoms with E-state index in [-0.39, 0.29) is 0 Å². The van der Waals surface area contributed by atoms with Crippen molar-refractivity contribution in [1.29, 1.82) is 0 Å². The van der Waals surface area contributed by atoms with Gasteiger partial charge in [-0.2, -0.15) is 13.2 Å². The summed E-state index contributed by atoms with van der Waals surface area (Å²) in [4.78, 5) is 2.09. The molecule has 1 saturated carbocycles. The highest BCUT2D eigenvalue weighted by molar-refractivity contribution is 5.48. The molecule has 1 nitrogen and oxygen atoms in total. The van der Waals surface area contributed by atoms with Gasteiger partial charge >= 0.3 is 6.18 Å². The third-order valence-electron chi connectivity index (χ3n) is 3.47. The topological polar surface area (TPSA) is 3.24 Å². The molecule has 1 aliphatic rings. The zero-order chi connectivity index (χ0) is 12.5. The maximum atomic E-state index is 12.4. The highest BCUT2D eigenvalue weighted by atomic mass is 19.4. The molecule has 0 bridgehead atoms. The van der Waals surface area contributed by atoms with Crippen LogP contribution in [0.4, 0.5) is 18.9 Å². The van der Waals surface area contributed by atoms with E-state index in [0.717, 1.165) is 30.7 Å². The van der Waals surface area contributed by atoms with Crippen molar-refractivity contribution in [2.45, 2.75) is 37.9 Å². The Balaban J connectivity index is 2.12. The molecule has 1 aromatic rings. The molecular weight excluding hydrogens is 227 g/mol. The highest BCUT2D eigenvalue weighted by Crippen LogP contribution is 2.32. The van der Waals surface area contributed by atoms with Gasteiger partial charge in [0.15, 0.2) is 0 Å². The van der Waals surface area contributed by atoms with E-state index >= 15 is 0 Å². The second-order valence-electron chi connectivity index (χ2n) is 4.59. The van der Waals surface area contributed by atoms with Crippen LogP contribution in [-0.2, 0) is 6.18 Å². The lowest BCUT2D eigenvalue weighted by Gasteiger charge is -2.26. The molecule has 1 aromatic carbocycles. The minimum absolute atomic E-state index is 0.478. The molecule has 0 radical (unpaired) electrons. The summed E-state index contributed by atoms with van der Waals surface area (Å²) in [6, 6.07) is 5.90. The fourth-order valence-corrected chi connectivity index (χ4v) is 2.39. The molecule has 0 aliphatic heterocycles. The first kappa shape index (κ1) is 12.3. The van der Waals surface area contributed by atoms with Gasteiger partial charge in [0.1, 0.15) is 0 Å². The SMILES string of the molecule is CN(c1ccc(C(F)(F)F)cc1)C1CCCC1. The molecule has 1 aliphatic carbocycles. The Morgan fingerprint density at radius 2 is 1.59 bits per heavy atom. The highest BCUT2D eigenvalue weighted by Gasteiger charge is 2.30. The number of nitrogens with zero attached hydrogens (tertiary/aromatic N) is 1. The summed E-state index contributed by atoms with van der Waals surface area (Å²) in [5.74, 6) is 0. The smallest absolute Gasteiger partial charge is 0.372 e. The zero-order valence-corrected chi connectivity index (χ0v) is 9.80. The molecule has 0 unspecified atom stereocenters. The second-order valence-corrected chi connectivity index (χ2v) is 4.59. The van der Waals surface area contributed by atoms with E-state index in [1.807, 2.05) is 7.05 Å². The number of hydrogen-bond donors (Lipinski definition) is 0. The van der Waals surface area contributed by atoms with Crippen molar-refractivity contribution >= 4 is 5.69 Å². The molecule has 17 heavy (non-hydrogen) atoms. The summed E-state index contributed by atoms with van der Waals surface area (Å²) in [5, 5.41) is 0. The van der Waals surface area contributed by atoms with Gasteiger partial charge in [-0.25, -0.2) is 0 Å². The van der Waals surface area contributed by atoms with Crippen LogP contribution in [-0.4, -0.2) is 13.1 Å². The van der Waals surface area contributed by atoms with Gasteiger partial charge < -0.3 is 4.90 Å². The van der Waals surface area contributed by atoms with Gasteiger partial charge in [-0.1, -0.05) is 12.8 Å². The summed E-state index contributed by atoms with van der Waals surface area (Å²) in [7, 11) is 1.96. The Kier molecular flexibility index (Phi) is 3.31. The molecule has 0 amide bonds. The van der Waals surface area contributed by atoms with Crippen LogP contribution in [0.3, 0.4) is 0 Å². The predicted molar refractivity (Wildman–Crippen MR) is 62.1 cm³/mol. The van der Waals surface area contributed by atoms with Crippen LogP contribution in [0.15, 0.2) is 24.3 Å². The van der Waals surface area contributed by atoms with Crippen LogP contribution in [0.5, 0.6) is 0 Å². The first-order valence-electron chi connectivity index (χ1n) is 5.88. The Morgan fingerprint density at radius 1 is 1.06 bits per heavy atom. The largest absolute Gasteiger partial charge is 0.416 e. The van der Waals surface area contributed by atoms with E-state index < -0.39 is 11.7 Å². The first-order valence-corrected chi connectivity index (χ1v) is 5.88. The minimum Gasteiger partial charge on any atom is -0.372 e. The van der Waals surface area contributed by atoms with Gasteiger partial charge in [0.2, 0.25) is 0 Å². The molecule has 0 spiro atoms. The molecule has 94 valence electrons. The molecule has 0 N–H and O–H groups in total. The van der Waals surface area contributed by atoms with Crippen molar-refractivity contribution in [3.8, 4) is 0 Å². The summed E-state index contributed by atoms with van der Waals surface area (Å²) in [6.45, 7) is 0. The quantitative estimate of drug-likeness (QED) is 0.756. The van der Waals surface area contributed by atoms with Crippen LogP contribution in [0.2, 0.25) is 0 Å². The number of anilines is 1. The molecule has 1 fully saturated rings. The third-order valence-corrected chi connectivity index (χ3v) is 3.47. The molecule has 0 atom stereocenters. The summed E-state index contributed by atoms with van der Waals surface area (Å²) < 4.78 is 37.2. The lowest BCUT2D eigenvalue weighted by atomic mass is 10.1. The standard InChI is InChI=1S/C13H16F3N/c1-17(11-4-2-3-5-11)12-8-6-10(7-9-12)13(14,15)16/h6-9,11H,2-5H2,1H3. The van der Waals surface area contributed by atoms with Crippen LogP contribution >= 0.6 is 0 Å². The Labute approximate surface area is 99.2 Å². The van der Waals surface area contributed by atoms with E-state index in [9.17, 15) is 13.2 Å². The molecule has 0 saturated heterocycles. The van der Waals surface area contributed by atoms with Crippen LogP contribution < -0.4 is 4.90 Å². The van der Waals surface area contributed by atoms with E-state index in [2.05, 4.69) is 4.90 Å². The average Bonchev–Trinajstić information content (AvgIpc) is 2.80.